The van der Waals surface area contributed by atoms with Crippen LogP contribution in [0.3, 0.4) is 0 Å². The van der Waals surface area contributed by atoms with Crippen molar-refractivity contribution in [3.05, 3.63) is 41.1 Å². The first-order chi connectivity index (χ1) is 19.9. The quantitative estimate of drug-likeness (QED) is 0.320. The van der Waals surface area contributed by atoms with E-state index in [4.69, 9.17) is 4.74 Å². The molecule has 2 aromatic rings. The fraction of sp³-hybridized carbons (Fsp3) is 0.621. The number of ether oxygens (including phenoxy) is 1. The fourth-order valence-corrected chi connectivity index (χ4v) is 7.29. The van der Waals surface area contributed by atoms with Crippen molar-refractivity contribution in [2.45, 2.75) is 101 Å². The van der Waals surface area contributed by atoms with Gasteiger partial charge in [-0.1, -0.05) is 25.3 Å². The van der Waals surface area contributed by atoms with Crippen molar-refractivity contribution in [1.82, 2.24) is 14.6 Å². The van der Waals surface area contributed by atoms with Crippen LogP contribution in [0, 0.1) is 12.8 Å². The largest absolute Gasteiger partial charge is 0.417 e. The molecular weight excluding hydrogens is 600 g/mol. The van der Waals surface area contributed by atoms with E-state index >= 15 is 0 Å². The van der Waals surface area contributed by atoms with Crippen LogP contribution in [0.1, 0.15) is 80.4 Å². The lowest BCUT2D eigenvalue weighted by molar-refractivity contribution is -0.180. The number of amides is 1. The highest BCUT2D eigenvalue weighted by atomic mass is 32.2. The van der Waals surface area contributed by atoms with E-state index in [0.29, 0.717) is 70.0 Å². The summed E-state index contributed by atoms with van der Waals surface area (Å²) < 4.78 is 117. The van der Waals surface area contributed by atoms with Gasteiger partial charge in [-0.3, -0.25) is 4.79 Å². The highest BCUT2D eigenvalue weighted by Gasteiger charge is 2.51. The first-order valence-electron chi connectivity index (χ1n) is 14.3. The van der Waals surface area contributed by atoms with Gasteiger partial charge in [0.25, 0.3) is 5.91 Å². The molecule has 1 amide bonds. The molecule has 0 spiro atoms. The van der Waals surface area contributed by atoms with Gasteiger partial charge < -0.3 is 14.6 Å². The zero-order valence-corrected chi connectivity index (χ0v) is 25.1. The average molecular weight is 638 g/mol. The molecule has 7 nitrogen and oxygen atoms in total. The summed E-state index contributed by atoms with van der Waals surface area (Å²) in [7, 11) is -5.25. The molecular formula is C29H37F6N3O4S. The third-order valence-electron chi connectivity index (χ3n) is 8.30. The molecule has 2 heterocycles. The van der Waals surface area contributed by atoms with Crippen LogP contribution in [0.4, 0.5) is 26.3 Å². The van der Waals surface area contributed by atoms with E-state index in [0.717, 1.165) is 38.2 Å². The number of halogens is 6. The van der Waals surface area contributed by atoms with Crippen molar-refractivity contribution in [2.24, 2.45) is 5.92 Å². The van der Waals surface area contributed by atoms with Crippen LogP contribution >= 0.6 is 0 Å². The Morgan fingerprint density at radius 3 is 2.19 bits per heavy atom. The molecule has 1 aromatic carbocycles. The Kier molecular flexibility index (Phi) is 9.63. The molecule has 14 heteroatoms. The number of alkyl halides is 6. The molecule has 0 bridgehead atoms. The molecule has 1 aliphatic carbocycles. The van der Waals surface area contributed by atoms with E-state index in [9.17, 15) is 39.6 Å². The lowest BCUT2D eigenvalue weighted by Gasteiger charge is -2.29. The first kappa shape index (κ1) is 33.3. The summed E-state index contributed by atoms with van der Waals surface area (Å²) in [5, 5.41) is 2.98. The maximum Gasteiger partial charge on any atom is 0.417 e. The standard InChI is InChI=1S/C29H37F6N3O4S/c1-18-22(26(39)36-21-11-13-42-14-12-21)16-24(38(18)17-19-7-5-4-6-8-19)20-9-10-25(23(15-20)28(30,31)32)43(40,41)37-27(2,3)29(33,34)35/h9-10,15-16,19,21,37H,4-8,11-14,17H2,1-3H3,(H,36,39). The van der Waals surface area contributed by atoms with E-state index in [1.807, 2.05) is 0 Å². The maximum atomic E-state index is 14.3. The summed E-state index contributed by atoms with van der Waals surface area (Å²) >= 11 is 0. The maximum absolute atomic E-state index is 14.3. The number of benzene rings is 1. The number of nitrogens with one attached hydrogen (secondary N) is 2. The summed E-state index contributed by atoms with van der Waals surface area (Å²) in [5.41, 5.74) is -3.50. The molecule has 1 saturated heterocycles. The summed E-state index contributed by atoms with van der Waals surface area (Å²) in [6, 6.07) is 3.82. The van der Waals surface area contributed by atoms with Crippen molar-refractivity contribution in [2.75, 3.05) is 13.2 Å². The molecule has 2 aliphatic rings. The molecule has 0 atom stereocenters. The molecule has 1 saturated carbocycles. The topological polar surface area (TPSA) is 89.4 Å². The Morgan fingerprint density at radius 2 is 1.60 bits per heavy atom. The molecule has 43 heavy (non-hydrogen) atoms. The minimum atomic E-state index is -5.25. The molecule has 2 N–H and O–H groups in total. The van der Waals surface area contributed by atoms with E-state index in [1.54, 1.807) is 11.5 Å². The van der Waals surface area contributed by atoms with Crippen molar-refractivity contribution in [3.8, 4) is 11.3 Å². The van der Waals surface area contributed by atoms with Gasteiger partial charge in [0.1, 0.15) is 5.54 Å². The van der Waals surface area contributed by atoms with Gasteiger partial charge in [0.05, 0.1) is 16.0 Å². The highest BCUT2D eigenvalue weighted by Crippen LogP contribution is 2.40. The van der Waals surface area contributed by atoms with Crippen molar-refractivity contribution in [3.63, 3.8) is 0 Å². The molecule has 0 unspecified atom stereocenters. The lowest BCUT2D eigenvalue weighted by atomic mass is 9.89. The molecule has 4 rings (SSSR count). The third kappa shape index (κ3) is 7.56. The smallest absolute Gasteiger partial charge is 0.381 e. The number of sulfonamides is 1. The van der Waals surface area contributed by atoms with Gasteiger partial charge in [-0.2, -0.15) is 31.1 Å². The normalized spacial score (nSPS) is 18.2. The second-order valence-electron chi connectivity index (χ2n) is 11.9. The van der Waals surface area contributed by atoms with Crippen LogP contribution in [-0.2, 0) is 27.5 Å². The minimum Gasteiger partial charge on any atom is -0.381 e. The summed E-state index contributed by atoms with van der Waals surface area (Å²) in [6.07, 6.45) is -4.03. The Balaban J connectivity index is 1.79. The van der Waals surface area contributed by atoms with Gasteiger partial charge in [0, 0.05) is 37.2 Å². The van der Waals surface area contributed by atoms with Crippen molar-refractivity contribution < 1.29 is 44.3 Å². The number of aromatic nitrogens is 1. The van der Waals surface area contributed by atoms with E-state index in [-0.39, 0.29) is 29.0 Å². The first-order valence-corrected chi connectivity index (χ1v) is 15.8. The molecule has 2 fully saturated rings. The zero-order chi connectivity index (χ0) is 31.8. The van der Waals surface area contributed by atoms with Crippen LogP contribution in [-0.4, -0.2) is 49.9 Å². The monoisotopic (exact) mass is 637 g/mol. The fourth-order valence-electron chi connectivity index (χ4n) is 5.68. The summed E-state index contributed by atoms with van der Waals surface area (Å²) in [6.45, 7) is 4.23. The van der Waals surface area contributed by atoms with Crippen LogP contribution in [0.5, 0.6) is 0 Å². The average Bonchev–Trinajstić information content (AvgIpc) is 3.23. The summed E-state index contributed by atoms with van der Waals surface area (Å²) in [4.78, 5) is 12.0. The predicted octanol–water partition coefficient (Wildman–Crippen LogP) is 6.59. The SMILES string of the molecule is Cc1c(C(=O)NC2CCOCC2)cc(-c2ccc(S(=O)(=O)NC(C)(C)C(F)(F)F)c(C(F)(F)F)c2)n1CC1CCCCC1. The van der Waals surface area contributed by atoms with Gasteiger partial charge >= 0.3 is 12.4 Å². The number of nitrogens with zero attached hydrogens (tertiary/aromatic N) is 1. The second kappa shape index (κ2) is 12.4. The molecule has 1 aliphatic heterocycles. The van der Waals surface area contributed by atoms with Gasteiger partial charge in [0.2, 0.25) is 10.0 Å². The van der Waals surface area contributed by atoms with Gasteiger partial charge in [-0.25, -0.2) is 8.42 Å². The summed E-state index contributed by atoms with van der Waals surface area (Å²) in [5.74, 6) is -0.137. The third-order valence-corrected chi connectivity index (χ3v) is 10.0. The zero-order valence-electron chi connectivity index (χ0n) is 24.3. The van der Waals surface area contributed by atoms with Crippen molar-refractivity contribution >= 4 is 15.9 Å². The van der Waals surface area contributed by atoms with Crippen molar-refractivity contribution in [1.29, 1.82) is 0 Å². The van der Waals surface area contributed by atoms with Crippen LogP contribution in [0.2, 0.25) is 0 Å². The van der Waals surface area contributed by atoms with Crippen LogP contribution < -0.4 is 10.0 Å². The number of carbonyl (C=O) groups is 1. The lowest BCUT2D eigenvalue weighted by Crippen LogP contribution is -2.54. The predicted molar refractivity (Wildman–Crippen MR) is 148 cm³/mol. The Morgan fingerprint density at radius 1 is 0.977 bits per heavy atom. The Bertz CT molecular complexity index is 1420. The second-order valence-corrected chi connectivity index (χ2v) is 13.6. The van der Waals surface area contributed by atoms with Gasteiger partial charge in [0.15, 0.2) is 0 Å². The van der Waals surface area contributed by atoms with Gasteiger partial charge in [-0.05, 0) is 76.1 Å². The van der Waals surface area contributed by atoms with E-state index in [2.05, 4.69) is 5.32 Å². The molecule has 1 aromatic heterocycles. The van der Waals surface area contributed by atoms with E-state index < -0.39 is 38.4 Å². The minimum absolute atomic E-state index is 0.00891. The van der Waals surface area contributed by atoms with E-state index in [1.165, 1.54) is 10.8 Å². The van der Waals surface area contributed by atoms with Crippen LogP contribution in [0.25, 0.3) is 11.3 Å². The van der Waals surface area contributed by atoms with Gasteiger partial charge in [-0.15, -0.1) is 0 Å². The highest BCUT2D eigenvalue weighted by molar-refractivity contribution is 7.89. The molecule has 0 radical (unpaired) electrons. The molecule has 240 valence electrons. The number of hydrogen-bond acceptors (Lipinski definition) is 4. The Labute approximate surface area is 247 Å². The number of rotatable bonds is 8. The number of carbonyl (C=O) groups excluding carboxylic acids is 1. The van der Waals surface area contributed by atoms with Crippen LogP contribution in [0.15, 0.2) is 29.2 Å². The number of hydrogen-bond donors (Lipinski definition) is 2. The Hall–Kier alpha value is -2.58.